The molecule has 0 aliphatic carbocycles. The lowest BCUT2D eigenvalue weighted by atomic mass is 9.80. The van der Waals surface area contributed by atoms with Crippen molar-refractivity contribution in [2.24, 2.45) is 11.3 Å². The number of aliphatic hydroxyl groups excluding tert-OH is 1. The molecule has 106 valence electrons. The third-order valence-corrected chi connectivity index (χ3v) is 4.21. The van der Waals surface area contributed by atoms with Gasteiger partial charge in [0.15, 0.2) is 0 Å². The molecule has 1 N–H and O–H groups in total. The zero-order chi connectivity index (χ0) is 14.2. The molecule has 1 saturated heterocycles. The Morgan fingerprint density at radius 3 is 2.53 bits per heavy atom. The van der Waals surface area contributed by atoms with Gasteiger partial charge in [0.1, 0.15) is 5.82 Å². The first kappa shape index (κ1) is 14.3. The topological polar surface area (TPSA) is 23.5 Å². The van der Waals surface area contributed by atoms with Crippen molar-refractivity contribution in [2.75, 3.05) is 18.0 Å². The molecule has 1 aliphatic heterocycles. The highest BCUT2D eigenvalue weighted by Gasteiger charge is 2.32. The minimum Gasteiger partial charge on any atom is -0.389 e. The van der Waals surface area contributed by atoms with Crippen LogP contribution in [0.2, 0.25) is 0 Å². The molecule has 0 amide bonds. The van der Waals surface area contributed by atoms with E-state index in [1.807, 2.05) is 6.07 Å². The van der Waals surface area contributed by atoms with Gasteiger partial charge in [-0.15, -0.1) is 0 Å². The molecule has 1 unspecified atom stereocenters. The summed E-state index contributed by atoms with van der Waals surface area (Å²) in [7, 11) is 0. The van der Waals surface area contributed by atoms with E-state index in [4.69, 9.17) is 0 Å². The molecule has 0 radical (unpaired) electrons. The van der Waals surface area contributed by atoms with E-state index in [1.54, 1.807) is 13.0 Å². The molecule has 2 nitrogen and oxygen atoms in total. The molecule has 0 saturated carbocycles. The van der Waals surface area contributed by atoms with Crippen molar-refractivity contribution in [1.82, 2.24) is 0 Å². The van der Waals surface area contributed by atoms with Gasteiger partial charge in [0, 0.05) is 13.1 Å². The number of anilines is 1. The third kappa shape index (κ3) is 3.08. The van der Waals surface area contributed by atoms with Crippen LogP contribution in [0.1, 0.15) is 45.8 Å². The van der Waals surface area contributed by atoms with Crippen molar-refractivity contribution in [3.05, 3.63) is 29.6 Å². The number of rotatable bonds is 2. The first-order chi connectivity index (χ1) is 8.79. The number of halogens is 1. The summed E-state index contributed by atoms with van der Waals surface area (Å²) in [4.78, 5) is 2.12. The summed E-state index contributed by atoms with van der Waals surface area (Å²) in [6, 6.07) is 5.06. The lowest BCUT2D eigenvalue weighted by Crippen LogP contribution is -2.26. The van der Waals surface area contributed by atoms with Gasteiger partial charge >= 0.3 is 0 Å². The van der Waals surface area contributed by atoms with Gasteiger partial charge < -0.3 is 10.0 Å². The minimum atomic E-state index is -0.621. The summed E-state index contributed by atoms with van der Waals surface area (Å²) in [5, 5.41) is 9.47. The summed E-state index contributed by atoms with van der Waals surface area (Å²) in [6.45, 7) is 10.2. The Morgan fingerprint density at radius 2 is 2.05 bits per heavy atom. The van der Waals surface area contributed by atoms with Crippen LogP contribution >= 0.6 is 0 Å². The van der Waals surface area contributed by atoms with Crippen LogP contribution in [-0.4, -0.2) is 18.2 Å². The lowest BCUT2D eigenvalue weighted by Gasteiger charge is -2.27. The molecule has 0 spiro atoms. The first-order valence-corrected chi connectivity index (χ1v) is 7.01. The highest BCUT2D eigenvalue weighted by molar-refractivity contribution is 5.50. The Morgan fingerprint density at radius 1 is 1.37 bits per heavy atom. The molecule has 2 rings (SSSR count). The zero-order valence-corrected chi connectivity index (χ0v) is 12.3. The normalized spacial score (nSPS) is 21.8. The second-order valence-electron chi connectivity index (χ2n) is 6.68. The molecule has 1 aliphatic rings. The Hall–Kier alpha value is -1.09. The van der Waals surface area contributed by atoms with Gasteiger partial charge in [-0.05, 0) is 42.4 Å². The molecule has 2 atom stereocenters. The first-order valence-electron chi connectivity index (χ1n) is 7.01. The largest absolute Gasteiger partial charge is 0.389 e. The lowest BCUT2D eigenvalue weighted by molar-refractivity contribution is 0.199. The van der Waals surface area contributed by atoms with E-state index in [2.05, 4.69) is 25.7 Å². The zero-order valence-electron chi connectivity index (χ0n) is 12.3. The van der Waals surface area contributed by atoms with E-state index >= 15 is 0 Å². The van der Waals surface area contributed by atoms with Gasteiger partial charge in [0.25, 0.3) is 0 Å². The van der Waals surface area contributed by atoms with Gasteiger partial charge in [0.05, 0.1) is 11.8 Å². The fraction of sp³-hybridized carbons (Fsp3) is 0.625. The third-order valence-electron chi connectivity index (χ3n) is 4.21. The molecule has 1 aromatic rings. The predicted molar refractivity (Wildman–Crippen MR) is 76.8 cm³/mol. The molecular formula is C16H24FNO. The van der Waals surface area contributed by atoms with E-state index in [0.717, 1.165) is 19.5 Å². The van der Waals surface area contributed by atoms with Crippen molar-refractivity contribution in [3.8, 4) is 0 Å². The van der Waals surface area contributed by atoms with Gasteiger partial charge in [-0.1, -0.05) is 26.8 Å². The summed E-state index contributed by atoms with van der Waals surface area (Å²) in [6.07, 6.45) is 0.491. The number of hydrogen-bond acceptors (Lipinski definition) is 2. The van der Waals surface area contributed by atoms with Crippen LogP contribution in [0.15, 0.2) is 18.2 Å². The van der Waals surface area contributed by atoms with Crippen molar-refractivity contribution >= 4 is 5.69 Å². The highest BCUT2D eigenvalue weighted by atomic mass is 19.1. The highest BCUT2D eigenvalue weighted by Crippen LogP contribution is 2.36. The maximum Gasteiger partial charge on any atom is 0.146 e. The molecule has 19 heavy (non-hydrogen) atoms. The number of aliphatic hydroxyl groups is 1. The smallest absolute Gasteiger partial charge is 0.146 e. The minimum absolute atomic E-state index is 0.229. The fourth-order valence-corrected chi connectivity index (χ4v) is 2.73. The van der Waals surface area contributed by atoms with Crippen LogP contribution in [0.5, 0.6) is 0 Å². The average Bonchev–Trinajstić information content (AvgIpc) is 2.77. The Kier molecular flexibility index (Phi) is 3.86. The number of hydrogen-bond donors (Lipinski definition) is 1. The summed E-state index contributed by atoms with van der Waals surface area (Å²) < 4.78 is 14.1. The van der Waals surface area contributed by atoms with Gasteiger partial charge in [-0.2, -0.15) is 0 Å². The van der Waals surface area contributed by atoms with Crippen LogP contribution in [0.25, 0.3) is 0 Å². The predicted octanol–water partition coefficient (Wildman–Crippen LogP) is 3.75. The van der Waals surface area contributed by atoms with Crippen LogP contribution in [-0.2, 0) is 0 Å². The molecule has 1 fully saturated rings. The molecule has 1 aromatic carbocycles. The molecule has 3 heteroatoms. The van der Waals surface area contributed by atoms with Crippen LogP contribution in [0.4, 0.5) is 10.1 Å². The maximum atomic E-state index is 14.1. The monoisotopic (exact) mass is 265 g/mol. The van der Waals surface area contributed by atoms with Crippen molar-refractivity contribution in [2.45, 2.75) is 40.2 Å². The van der Waals surface area contributed by atoms with E-state index in [0.29, 0.717) is 17.2 Å². The van der Waals surface area contributed by atoms with Crippen LogP contribution in [0, 0.1) is 17.2 Å². The average molecular weight is 265 g/mol. The van der Waals surface area contributed by atoms with E-state index in [-0.39, 0.29) is 11.2 Å². The molecular weight excluding hydrogens is 241 g/mol. The Labute approximate surface area is 115 Å². The molecule has 1 heterocycles. The maximum absolute atomic E-state index is 14.1. The number of nitrogens with zero attached hydrogens (tertiary/aromatic N) is 1. The standard InChI is InChI=1S/C16H24FNO/c1-11(19)12-5-6-15(14(17)9-12)18-8-7-13(10-18)16(2,3)4/h5-6,9,11,13,19H,7-8,10H2,1-4H3/t11-,13?/m0/s1. The second-order valence-corrected chi connectivity index (χ2v) is 6.68. The van der Waals surface area contributed by atoms with E-state index < -0.39 is 6.10 Å². The number of benzene rings is 1. The molecule has 0 bridgehead atoms. The fourth-order valence-electron chi connectivity index (χ4n) is 2.73. The SMILES string of the molecule is C[C@H](O)c1ccc(N2CCC(C(C)(C)C)C2)c(F)c1. The summed E-state index contributed by atoms with van der Waals surface area (Å²) in [5.41, 5.74) is 1.56. The van der Waals surface area contributed by atoms with Crippen molar-refractivity contribution in [3.63, 3.8) is 0 Å². The Balaban J connectivity index is 2.16. The van der Waals surface area contributed by atoms with Crippen molar-refractivity contribution in [1.29, 1.82) is 0 Å². The van der Waals surface area contributed by atoms with Gasteiger partial charge in [-0.25, -0.2) is 4.39 Å². The van der Waals surface area contributed by atoms with E-state index in [1.165, 1.54) is 6.07 Å². The summed E-state index contributed by atoms with van der Waals surface area (Å²) >= 11 is 0. The van der Waals surface area contributed by atoms with E-state index in [9.17, 15) is 9.50 Å². The van der Waals surface area contributed by atoms with Crippen molar-refractivity contribution < 1.29 is 9.50 Å². The Bertz CT molecular complexity index is 451. The quantitative estimate of drug-likeness (QED) is 0.880. The second kappa shape index (κ2) is 5.12. The van der Waals surface area contributed by atoms with Gasteiger partial charge in [-0.3, -0.25) is 0 Å². The van der Waals surface area contributed by atoms with Crippen LogP contribution < -0.4 is 4.90 Å². The van der Waals surface area contributed by atoms with Gasteiger partial charge in [0.2, 0.25) is 0 Å². The van der Waals surface area contributed by atoms with Crippen LogP contribution in [0.3, 0.4) is 0 Å². The summed E-state index contributed by atoms with van der Waals surface area (Å²) in [5.74, 6) is 0.372. The molecule has 0 aromatic heterocycles.